The van der Waals surface area contributed by atoms with Crippen molar-refractivity contribution in [2.24, 2.45) is 11.7 Å². The number of primary amides is 1. The van der Waals surface area contributed by atoms with Crippen LogP contribution in [0.15, 0.2) is 28.7 Å². The number of carbonyl (C=O) groups excluding carboxylic acids is 1. The highest BCUT2D eigenvalue weighted by Gasteiger charge is 2.18. The van der Waals surface area contributed by atoms with E-state index < -0.39 is 0 Å². The minimum atomic E-state index is -0.299. The van der Waals surface area contributed by atoms with Crippen LogP contribution in [0.5, 0.6) is 0 Å². The molecule has 0 radical (unpaired) electrons. The molecule has 1 amide bonds. The van der Waals surface area contributed by atoms with Crippen molar-refractivity contribution in [3.05, 3.63) is 34.3 Å². The van der Waals surface area contributed by atoms with Gasteiger partial charge < -0.3 is 11.1 Å². The normalized spacial score (nSPS) is 12.8. The van der Waals surface area contributed by atoms with E-state index in [1.165, 1.54) is 0 Å². The van der Waals surface area contributed by atoms with E-state index in [1.54, 1.807) is 0 Å². The molecule has 1 rings (SSSR count). The maximum Gasteiger partial charge on any atom is 0.234 e. The molecule has 1 aromatic carbocycles. The number of hydrogen-bond donors (Lipinski definition) is 2. The van der Waals surface area contributed by atoms with Gasteiger partial charge in [0.2, 0.25) is 5.91 Å². The van der Waals surface area contributed by atoms with Crippen molar-refractivity contribution in [1.82, 2.24) is 5.32 Å². The Bertz CT molecular complexity index is 349. The molecule has 0 aliphatic rings. The maximum atomic E-state index is 11.2. The Morgan fingerprint density at radius 2 is 1.94 bits per heavy atom. The number of amides is 1. The first-order valence-corrected chi connectivity index (χ1v) is 6.07. The Kier molecular flexibility index (Phi) is 4.96. The van der Waals surface area contributed by atoms with Crippen molar-refractivity contribution < 1.29 is 4.79 Å². The van der Waals surface area contributed by atoms with Gasteiger partial charge in [-0.05, 0) is 23.6 Å². The molecule has 1 aromatic rings. The van der Waals surface area contributed by atoms with E-state index in [1.807, 2.05) is 38.1 Å². The van der Waals surface area contributed by atoms with E-state index in [2.05, 4.69) is 21.2 Å². The van der Waals surface area contributed by atoms with Gasteiger partial charge in [-0.15, -0.1) is 0 Å². The van der Waals surface area contributed by atoms with Gasteiger partial charge in [-0.3, -0.25) is 4.79 Å². The molecule has 16 heavy (non-hydrogen) atoms. The topological polar surface area (TPSA) is 55.1 Å². The molecule has 0 aliphatic carbocycles. The summed E-state index contributed by atoms with van der Waals surface area (Å²) in [5.41, 5.74) is 6.45. The van der Waals surface area contributed by atoms with Crippen molar-refractivity contribution in [3.8, 4) is 0 Å². The van der Waals surface area contributed by atoms with Crippen LogP contribution in [-0.4, -0.2) is 11.9 Å². The highest BCUT2D eigenvalue weighted by molar-refractivity contribution is 9.10. The zero-order valence-corrected chi connectivity index (χ0v) is 11.1. The minimum absolute atomic E-state index is 0.202. The van der Waals surface area contributed by atoms with Crippen LogP contribution in [-0.2, 0) is 11.3 Å². The van der Waals surface area contributed by atoms with Crippen LogP contribution in [0.2, 0.25) is 0 Å². The Morgan fingerprint density at radius 1 is 1.38 bits per heavy atom. The monoisotopic (exact) mass is 284 g/mol. The van der Waals surface area contributed by atoms with Crippen LogP contribution in [0, 0.1) is 5.92 Å². The summed E-state index contributed by atoms with van der Waals surface area (Å²) in [6.45, 7) is 4.60. The lowest BCUT2D eigenvalue weighted by Crippen LogP contribution is -2.44. The molecular formula is C12H17BrN2O. The number of rotatable bonds is 5. The van der Waals surface area contributed by atoms with E-state index in [0.29, 0.717) is 6.54 Å². The first-order chi connectivity index (χ1) is 7.50. The summed E-state index contributed by atoms with van der Waals surface area (Å²) in [7, 11) is 0. The predicted molar refractivity (Wildman–Crippen MR) is 68.8 cm³/mol. The highest BCUT2D eigenvalue weighted by Crippen LogP contribution is 2.11. The fourth-order valence-electron chi connectivity index (χ4n) is 1.49. The number of benzene rings is 1. The van der Waals surface area contributed by atoms with Gasteiger partial charge >= 0.3 is 0 Å². The molecule has 1 unspecified atom stereocenters. The zero-order valence-electron chi connectivity index (χ0n) is 9.53. The van der Waals surface area contributed by atoms with Gasteiger partial charge in [0, 0.05) is 11.0 Å². The summed E-state index contributed by atoms with van der Waals surface area (Å²) >= 11 is 3.38. The van der Waals surface area contributed by atoms with E-state index in [0.717, 1.165) is 10.0 Å². The second-order valence-electron chi connectivity index (χ2n) is 4.13. The van der Waals surface area contributed by atoms with E-state index in [-0.39, 0.29) is 17.9 Å². The zero-order chi connectivity index (χ0) is 12.1. The minimum Gasteiger partial charge on any atom is -0.368 e. The second-order valence-corrected chi connectivity index (χ2v) is 5.05. The number of nitrogens with two attached hydrogens (primary N) is 1. The van der Waals surface area contributed by atoms with Gasteiger partial charge in [0.15, 0.2) is 0 Å². The average Bonchev–Trinajstić information content (AvgIpc) is 2.20. The Morgan fingerprint density at radius 3 is 2.38 bits per heavy atom. The first-order valence-electron chi connectivity index (χ1n) is 5.28. The molecule has 0 aromatic heterocycles. The SMILES string of the molecule is CC(C)C(NCc1ccc(Br)cc1)C(N)=O. The molecule has 0 bridgehead atoms. The Balaban J connectivity index is 2.55. The molecule has 3 nitrogen and oxygen atoms in total. The summed E-state index contributed by atoms with van der Waals surface area (Å²) in [5, 5.41) is 3.16. The van der Waals surface area contributed by atoms with Gasteiger partial charge in [0.05, 0.1) is 6.04 Å². The van der Waals surface area contributed by atoms with Gasteiger partial charge in [-0.2, -0.15) is 0 Å². The largest absolute Gasteiger partial charge is 0.368 e. The van der Waals surface area contributed by atoms with E-state index >= 15 is 0 Å². The summed E-state index contributed by atoms with van der Waals surface area (Å²) in [6, 6.07) is 7.70. The molecule has 0 saturated heterocycles. The predicted octanol–water partition coefficient (Wildman–Crippen LogP) is 2.05. The van der Waals surface area contributed by atoms with Crippen LogP contribution < -0.4 is 11.1 Å². The Hall–Kier alpha value is -0.870. The second kappa shape index (κ2) is 6.01. The number of hydrogen-bond acceptors (Lipinski definition) is 2. The molecule has 0 aliphatic heterocycles. The third-order valence-corrected chi connectivity index (χ3v) is 2.94. The van der Waals surface area contributed by atoms with Gasteiger partial charge in [0.25, 0.3) is 0 Å². The summed E-state index contributed by atoms with van der Waals surface area (Å²) in [5.74, 6) is -0.0972. The molecule has 0 fully saturated rings. The van der Waals surface area contributed by atoms with Crippen molar-refractivity contribution in [1.29, 1.82) is 0 Å². The lowest BCUT2D eigenvalue weighted by atomic mass is 10.0. The number of halogens is 1. The average molecular weight is 285 g/mol. The van der Waals surface area contributed by atoms with Gasteiger partial charge in [0.1, 0.15) is 0 Å². The number of nitrogens with one attached hydrogen (secondary N) is 1. The number of carbonyl (C=O) groups is 1. The summed E-state index contributed by atoms with van der Waals surface area (Å²) in [4.78, 5) is 11.2. The molecular weight excluding hydrogens is 268 g/mol. The van der Waals surface area contributed by atoms with Crippen LogP contribution in [0.3, 0.4) is 0 Å². The molecule has 0 heterocycles. The molecule has 4 heteroatoms. The fourth-order valence-corrected chi connectivity index (χ4v) is 1.76. The van der Waals surface area contributed by atoms with E-state index in [9.17, 15) is 4.79 Å². The molecule has 88 valence electrons. The summed E-state index contributed by atoms with van der Waals surface area (Å²) < 4.78 is 1.05. The van der Waals surface area contributed by atoms with Crippen molar-refractivity contribution in [2.75, 3.05) is 0 Å². The van der Waals surface area contributed by atoms with E-state index in [4.69, 9.17) is 5.73 Å². The van der Waals surface area contributed by atoms with Crippen LogP contribution in [0.1, 0.15) is 19.4 Å². The lowest BCUT2D eigenvalue weighted by molar-refractivity contribution is -0.121. The van der Waals surface area contributed by atoms with Crippen LogP contribution >= 0.6 is 15.9 Å². The lowest BCUT2D eigenvalue weighted by Gasteiger charge is -2.18. The van der Waals surface area contributed by atoms with Crippen molar-refractivity contribution in [3.63, 3.8) is 0 Å². The Labute approximate surface area is 105 Å². The van der Waals surface area contributed by atoms with Crippen molar-refractivity contribution >= 4 is 21.8 Å². The molecule has 3 N–H and O–H groups in total. The third kappa shape index (κ3) is 3.94. The molecule has 0 spiro atoms. The standard InChI is InChI=1S/C12H17BrN2O/c1-8(2)11(12(14)16)15-7-9-3-5-10(13)6-4-9/h3-6,8,11,15H,7H2,1-2H3,(H2,14,16). The quantitative estimate of drug-likeness (QED) is 0.870. The molecule has 0 saturated carbocycles. The summed E-state index contributed by atoms with van der Waals surface area (Å²) in [6.07, 6.45) is 0. The third-order valence-electron chi connectivity index (χ3n) is 2.41. The molecule has 1 atom stereocenters. The van der Waals surface area contributed by atoms with Crippen LogP contribution in [0.25, 0.3) is 0 Å². The van der Waals surface area contributed by atoms with Crippen molar-refractivity contribution in [2.45, 2.75) is 26.4 Å². The fraction of sp³-hybridized carbons (Fsp3) is 0.417. The first kappa shape index (κ1) is 13.2. The maximum absolute atomic E-state index is 11.2. The van der Waals surface area contributed by atoms with Crippen LogP contribution in [0.4, 0.5) is 0 Å². The smallest absolute Gasteiger partial charge is 0.234 e. The van der Waals surface area contributed by atoms with Gasteiger partial charge in [-0.25, -0.2) is 0 Å². The van der Waals surface area contributed by atoms with Gasteiger partial charge in [-0.1, -0.05) is 41.9 Å². The highest BCUT2D eigenvalue weighted by atomic mass is 79.9.